The van der Waals surface area contributed by atoms with Gasteiger partial charge in [-0.1, -0.05) is 76.0 Å². The van der Waals surface area contributed by atoms with Gasteiger partial charge < -0.3 is 0 Å². The van der Waals surface area contributed by atoms with Crippen molar-refractivity contribution in [2.24, 2.45) is 23.7 Å². The van der Waals surface area contributed by atoms with E-state index in [4.69, 9.17) is 0 Å². The smallest absolute Gasteiger partial charge is 0.159 e. The summed E-state index contributed by atoms with van der Waals surface area (Å²) in [4.78, 5) is 12.2. The maximum Gasteiger partial charge on any atom is 0.159 e. The zero-order chi connectivity index (χ0) is 15.4. The van der Waals surface area contributed by atoms with Crippen LogP contribution < -0.4 is 0 Å². The lowest BCUT2D eigenvalue weighted by Gasteiger charge is -2.22. The molecule has 0 spiro atoms. The van der Waals surface area contributed by atoms with Crippen LogP contribution in [-0.4, -0.2) is 5.78 Å². The minimum absolute atomic E-state index is 0.337. The van der Waals surface area contributed by atoms with Gasteiger partial charge in [-0.25, -0.2) is 0 Å². The molecule has 1 heteroatoms. The van der Waals surface area contributed by atoms with Gasteiger partial charge in [0, 0.05) is 5.92 Å². The van der Waals surface area contributed by atoms with Gasteiger partial charge in [0.25, 0.3) is 0 Å². The molecule has 0 radical (unpaired) electrons. The van der Waals surface area contributed by atoms with Crippen molar-refractivity contribution in [1.82, 2.24) is 0 Å². The van der Waals surface area contributed by atoms with E-state index in [-0.39, 0.29) is 0 Å². The number of fused-ring (bicyclic) bond motifs is 5. The Kier molecular flexibility index (Phi) is 5.55. The fourth-order valence-corrected chi connectivity index (χ4v) is 4.97. The maximum atomic E-state index is 12.2. The molecule has 22 heavy (non-hydrogen) atoms. The molecule has 0 aromatic carbocycles. The van der Waals surface area contributed by atoms with Crippen LogP contribution in [0.2, 0.25) is 0 Å². The Hall–Kier alpha value is -0.850. The first-order valence-corrected chi connectivity index (χ1v) is 9.74. The number of hydrogen-bond donors (Lipinski definition) is 0. The Morgan fingerprint density at radius 1 is 0.864 bits per heavy atom. The molecule has 4 atom stereocenters. The first-order valence-electron chi connectivity index (χ1n) is 9.74. The van der Waals surface area contributed by atoms with Crippen molar-refractivity contribution < 1.29 is 4.79 Å². The molecule has 0 heterocycles. The predicted octanol–water partition coefficient (Wildman–Crippen LogP) is 5.85. The number of rotatable bonds is 10. The topological polar surface area (TPSA) is 17.1 Å². The highest BCUT2D eigenvalue weighted by Gasteiger charge is 2.51. The van der Waals surface area contributed by atoms with E-state index in [1.807, 2.05) is 6.08 Å². The van der Waals surface area contributed by atoms with E-state index >= 15 is 0 Å². The van der Waals surface area contributed by atoms with E-state index in [0.717, 1.165) is 0 Å². The van der Waals surface area contributed by atoms with Crippen molar-refractivity contribution >= 4 is 5.78 Å². The molecule has 2 bridgehead atoms. The first kappa shape index (κ1) is 16.0. The fraction of sp³-hybridized carbons (Fsp3) is 0.762. The van der Waals surface area contributed by atoms with Crippen LogP contribution in [0.25, 0.3) is 0 Å². The Labute approximate surface area is 136 Å². The maximum absolute atomic E-state index is 12.2. The first-order chi connectivity index (χ1) is 10.8. The lowest BCUT2D eigenvalue weighted by atomic mass is 9.81. The lowest BCUT2D eigenvalue weighted by Crippen LogP contribution is -2.21. The standard InChI is InChI=1S/C21H32O/c1-2-3-4-5-6-7-8-9-10-11-16-15-19(22)21-18-13-12-17(14-18)20(16)21/h12-13,15,17-18,20-21H,2-11,14H2,1H3/t17-,18+,20+,21+/m1/s1. The molecule has 0 aromatic heterocycles. The third-order valence-electron chi connectivity index (χ3n) is 6.11. The van der Waals surface area contributed by atoms with Gasteiger partial charge in [-0.2, -0.15) is 0 Å². The second-order valence-electron chi connectivity index (χ2n) is 7.70. The Bertz CT molecular complexity index is 445. The summed E-state index contributed by atoms with van der Waals surface area (Å²) in [6.07, 6.45) is 21.6. The summed E-state index contributed by atoms with van der Waals surface area (Å²) in [6.45, 7) is 2.28. The number of carbonyl (C=O) groups excluding carboxylic acids is 1. The van der Waals surface area contributed by atoms with Crippen LogP contribution in [0.1, 0.15) is 77.6 Å². The van der Waals surface area contributed by atoms with Crippen LogP contribution in [0.15, 0.2) is 23.8 Å². The van der Waals surface area contributed by atoms with Crippen LogP contribution in [0.4, 0.5) is 0 Å². The normalized spacial score (nSPS) is 31.9. The van der Waals surface area contributed by atoms with E-state index < -0.39 is 0 Å². The predicted molar refractivity (Wildman–Crippen MR) is 92.7 cm³/mol. The van der Waals surface area contributed by atoms with Crippen LogP contribution >= 0.6 is 0 Å². The highest BCUT2D eigenvalue weighted by Crippen LogP contribution is 2.55. The summed E-state index contributed by atoms with van der Waals surface area (Å²) in [5, 5.41) is 0. The van der Waals surface area contributed by atoms with Crippen LogP contribution in [-0.2, 0) is 4.79 Å². The average molecular weight is 300 g/mol. The van der Waals surface area contributed by atoms with Crippen molar-refractivity contribution in [3.05, 3.63) is 23.8 Å². The summed E-state index contributed by atoms with van der Waals surface area (Å²) >= 11 is 0. The Morgan fingerprint density at radius 2 is 1.45 bits per heavy atom. The zero-order valence-electron chi connectivity index (χ0n) is 14.2. The van der Waals surface area contributed by atoms with Gasteiger partial charge >= 0.3 is 0 Å². The summed E-state index contributed by atoms with van der Waals surface area (Å²) in [5.74, 6) is 2.62. The molecule has 0 aliphatic heterocycles. The molecule has 0 unspecified atom stereocenters. The summed E-state index contributed by atoms with van der Waals surface area (Å²) in [7, 11) is 0. The summed E-state index contributed by atoms with van der Waals surface area (Å²) < 4.78 is 0. The fourth-order valence-electron chi connectivity index (χ4n) is 4.97. The van der Waals surface area contributed by atoms with E-state index in [1.54, 1.807) is 0 Å². The molecule has 1 nitrogen and oxygen atoms in total. The van der Waals surface area contributed by atoms with Gasteiger partial charge in [-0.15, -0.1) is 0 Å². The molecule has 0 amide bonds. The molecule has 122 valence electrons. The third-order valence-corrected chi connectivity index (χ3v) is 6.11. The second kappa shape index (κ2) is 7.62. The molecule has 1 fully saturated rings. The highest BCUT2D eigenvalue weighted by molar-refractivity contribution is 5.96. The van der Waals surface area contributed by atoms with Gasteiger partial charge in [0.1, 0.15) is 0 Å². The molecule has 3 rings (SSSR count). The second-order valence-corrected chi connectivity index (χ2v) is 7.70. The van der Waals surface area contributed by atoms with E-state index in [2.05, 4.69) is 19.1 Å². The molecular formula is C21H32O. The van der Waals surface area contributed by atoms with Gasteiger partial charge in [-0.3, -0.25) is 4.79 Å². The molecule has 0 aromatic rings. The van der Waals surface area contributed by atoms with E-state index in [1.165, 1.54) is 76.2 Å². The lowest BCUT2D eigenvalue weighted by molar-refractivity contribution is -0.118. The average Bonchev–Trinajstić information content (AvgIpc) is 3.20. The molecule has 1 saturated carbocycles. The van der Waals surface area contributed by atoms with E-state index in [0.29, 0.717) is 29.5 Å². The molecular weight excluding hydrogens is 268 g/mol. The van der Waals surface area contributed by atoms with Gasteiger partial charge in [0.05, 0.1) is 0 Å². The summed E-state index contributed by atoms with van der Waals surface area (Å²) in [5.41, 5.74) is 1.50. The SMILES string of the molecule is CCCCCCCCCCCC1=CC(=O)[C@H]2[C@@H]1[C@@H]1C=C[C@H]2C1. The van der Waals surface area contributed by atoms with Crippen molar-refractivity contribution in [3.63, 3.8) is 0 Å². The number of hydrogen-bond acceptors (Lipinski definition) is 1. The quantitative estimate of drug-likeness (QED) is 0.365. The Morgan fingerprint density at radius 3 is 2.14 bits per heavy atom. The van der Waals surface area contributed by atoms with Crippen LogP contribution in [0.3, 0.4) is 0 Å². The van der Waals surface area contributed by atoms with Crippen molar-refractivity contribution in [1.29, 1.82) is 0 Å². The zero-order valence-corrected chi connectivity index (χ0v) is 14.2. The number of ketones is 1. The number of carbonyl (C=O) groups is 1. The number of unbranched alkanes of at least 4 members (excludes halogenated alkanes) is 8. The Balaban J connectivity index is 1.31. The van der Waals surface area contributed by atoms with Gasteiger partial charge in [0.2, 0.25) is 0 Å². The van der Waals surface area contributed by atoms with Gasteiger partial charge in [-0.05, 0) is 43.1 Å². The van der Waals surface area contributed by atoms with Crippen molar-refractivity contribution in [2.45, 2.75) is 77.6 Å². The molecule has 3 aliphatic rings. The molecule has 3 aliphatic carbocycles. The minimum Gasteiger partial charge on any atom is -0.295 e. The monoisotopic (exact) mass is 300 g/mol. The minimum atomic E-state index is 0.337. The van der Waals surface area contributed by atoms with E-state index in [9.17, 15) is 4.79 Å². The highest BCUT2D eigenvalue weighted by atomic mass is 16.1. The van der Waals surface area contributed by atoms with Gasteiger partial charge in [0.15, 0.2) is 5.78 Å². The van der Waals surface area contributed by atoms with Crippen LogP contribution in [0, 0.1) is 23.7 Å². The molecule has 0 saturated heterocycles. The third kappa shape index (κ3) is 3.39. The number of allylic oxidation sites excluding steroid dienone is 4. The van der Waals surface area contributed by atoms with Crippen LogP contribution in [0.5, 0.6) is 0 Å². The largest absolute Gasteiger partial charge is 0.295 e. The van der Waals surface area contributed by atoms with Crippen molar-refractivity contribution in [3.8, 4) is 0 Å². The van der Waals surface area contributed by atoms with Crippen molar-refractivity contribution in [2.75, 3.05) is 0 Å². The summed E-state index contributed by atoms with van der Waals surface area (Å²) in [6, 6.07) is 0. The molecule has 0 N–H and O–H groups in total.